The fourth-order valence-corrected chi connectivity index (χ4v) is 2.32. The van der Waals surface area contributed by atoms with Crippen LogP contribution in [0.1, 0.15) is 18.2 Å². The van der Waals surface area contributed by atoms with Crippen LogP contribution in [-0.4, -0.2) is 11.0 Å². The number of hydrogen-bond donors (Lipinski definition) is 1. The predicted molar refractivity (Wildman–Crippen MR) is 70.1 cm³/mol. The second kappa shape index (κ2) is 5.46. The van der Waals surface area contributed by atoms with Gasteiger partial charge >= 0.3 is 0 Å². The second-order valence-electron chi connectivity index (χ2n) is 3.93. The van der Waals surface area contributed by atoms with Crippen molar-refractivity contribution in [1.82, 2.24) is 4.98 Å². The van der Waals surface area contributed by atoms with Crippen molar-refractivity contribution in [3.05, 3.63) is 46.4 Å². The van der Waals surface area contributed by atoms with Crippen LogP contribution in [0.3, 0.4) is 0 Å². The normalized spacial score (nSPS) is 11.8. The number of thiophene rings is 1. The molecular weight excluding hydrogens is 230 g/mol. The molecule has 3 nitrogen and oxygen atoms in total. The number of aromatic nitrogens is 1. The van der Waals surface area contributed by atoms with E-state index in [1.165, 1.54) is 5.56 Å². The summed E-state index contributed by atoms with van der Waals surface area (Å²) in [4.78, 5) is 4.03. The quantitative estimate of drug-likeness (QED) is 0.897. The third-order valence-corrected chi connectivity index (χ3v) is 3.15. The average Bonchev–Trinajstić information content (AvgIpc) is 2.82. The van der Waals surface area contributed by atoms with Crippen molar-refractivity contribution in [2.45, 2.75) is 19.4 Å². The fraction of sp³-hybridized carbons (Fsp3) is 0.231. The zero-order valence-electron chi connectivity index (χ0n) is 9.55. The van der Waals surface area contributed by atoms with Gasteiger partial charge in [-0.3, -0.25) is 0 Å². The van der Waals surface area contributed by atoms with Gasteiger partial charge in [0.15, 0.2) is 0 Å². The summed E-state index contributed by atoms with van der Waals surface area (Å²) in [7, 11) is 0. The Kier molecular flexibility index (Phi) is 3.73. The van der Waals surface area contributed by atoms with Crippen LogP contribution in [0, 0.1) is 11.3 Å². The number of nitrogens with one attached hydrogen (secondary N) is 1. The maximum atomic E-state index is 8.65. The third-order valence-electron chi connectivity index (χ3n) is 2.41. The van der Waals surface area contributed by atoms with Crippen molar-refractivity contribution >= 4 is 17.0 Å². The summed E-state index contributed by atoms with van der Waals surface area (Å²) in [6.45, 7) is 2.13. The largest absolute Gasteiger partial charge is 0.381 e. The van der Waals surface area contributed by atoms with Gasteiger partial charge in [-0.2, -0.15) is 16.6 Å². The highest BCUT2D eigenvalue weighted by molar-refractivity contribution is 7.07. The summed E-state index contributed by atoms with van der Waals surface area (Å²) < 4.78 is 0. The van der Waals surface area contributed by atoms with Crippen LogP contribution in [-0.2, 0) is 6.42 Å². The van der Waals surface area contributed by atoms with E-state index in [1.54, 1.807) is 23.6 Å². The van der Waals surface area contributed by atoms with Gasteiger partial charge in [-0.05, 0) is 47.9 Å². The van der Waals surface area contributed by atoms with Gasteiger partial charge in [0.2, 0.25) is 0 Å². The Balaban J connectivity index is 1.94. The zero-order chi connectivity index (χ0) is 12.1. The molecule has 0 amide bonds. The van der Waals surface area contributed by atoms with E-state index < -0.39 is 0 Å². The Labute approximate surface area is 105 Å². The molecule has 2 heterocycles. The molecule has 0 spiro atoms. The lowest BCUT2D eigenvalue weighted by atomic mass is 10.1. The monoisotopic (exact) mass is 243 g/mol. The minimum atomic E-state index is 0.347. The van der Waals surface area contributed by atoms with Gasteiger partial charge in [-0.1, -0.05) is 0 Å². The summed E-state index contributed by atoms with van der Waals surface area (Å²) in [5, 5.41) is 16.3. The van der Waals surface area contributed by atoms with Gasteiger partial charge in [0, 0.05) is 6.04 Å². The van der Waals surface area contributed by atoms with E-state index in [2.05, 4.69) is 34.1 Å². The van der Waals surface area contributed by atoms with Crippen molar-refractivity contribution in [2.24, 2.45) is 0 Å². The molecule has 0 aliphatic rings. The van der Waals surface area contributed by atoms with Crippen LogP contribution in [0.5, 0.6) is 0 Å². The lowest BCUT2D eigenvalue weighted by molar-refractivity contribution is 0.791. The van der Waals surface area contributed by atoms with E-state index in [0.717, 1.165) is 12.1 Å². The van der Waals surface area contributed by atoms with Crippen molar-refractivity contribution < 1.29 is 0 Å². The van der Waals surface area contributed by atoms with Gasteiger partial charge in [-0.25, -0.2) is 4.98 Å². The van der Waals surface area contributed by atoms with Crippen molar-refractivity contribution in [1.29, 1.82) is 5.26 Å². The molecule has 1 unspecified atom stereocenters. The summed E-state index contributed by atoms with van der Waals surface area (Å²) in [5.41, 5.74) is 2.74. The Morgan fingerprint density at radius 1 is 1.47 bits per heavy atom. The van der Waals surface area contributed by atoms with Crippen molar-refractivity contribution in [3.63, 3.8) is 0 Å². The molecule has 0 saturated carbocycles. The summed E-state index contributed by atoms with van der Waals surface area (Å²) in [6.07, 6.45) is 2.69. The minimum absolute atomic E-state index is 0.347. The van der Waals surface area contributed by atoms with Crippen LogP contribution < -0.4 is 5.32 Å². The molecule has 2 aromatic heterocycles. The average molecular weight is 243 g/mol. The Morgan fingerprint density at radius 2 is 2.35 bits per heavy atom. The number of nitrogens with zero attached hydrogens (tertiary/aromatic N) is 2. The number of rotatable bonds is 4. The molecule has 0 aromatic carbocycles. The number of anilines is 1. The van der Waals surface area contributed by atoms with Crippen LogP contribution in [0.25, 0.3) is 0 Å². The highest BCUT2D eigenvalue weighted by atomic mass is 32.1. The molecule has 1 N–H and O–H groups in total. The fourth-order valence-electron chi connectivity index (χ4n) is 1.64. The minimum Gasteiger partial charge on any atom is -0.381 e. The van der Waals surface area contributed by atoms with E-state index in [0.29, 0.717) is 11.7 Å². The van der Waals surface area contributed by atoms with Gasteiger partial charge in [0.05, 0.1) is 11.9 Å². The first kappa shape index (κ1) is 11.6. The van der Waals surface area contributed by atoms with Gasteiger partial charge < -0.3 is 5.32 Å². The smallest absolute Gasteiger partial charge is 0.140 e. The van der Waals surface area contributed by atoms with Crippen LogP contribution in [0.15, 0.2) is 35.2 Å². The molecule has 17 heavy (non-hydrogen) atoms. The maximum Gasteiger partial charge on any atom is 0.140 e. The number of hydrogen-bond acceptors (Lipinski definition) is 4. The molecule has 0 radical (unpaired) electrons. The topological polar surface area (TPSA) is 48.7 Å². The van der Waals surface area contributed by atoms with Gasteiger partial charge in [0.25, 0.3) is 0 Å². The van der Waals surface area contributed by atoms with E-state index in [-0.39, 0.29) is 0 Å². The molecule has 0 bridgehead atoms. The van der Waals surface area contributed by atoms with E-state index in [9.17, 15) is 0 Å². The molecule has 0 saturated heterocycles. The Morgan fingerprint density at radius 3 is 2.94 bits per heavy atom. The van der Waals surface area contributed by atoms with E-state index in [1.807, 2.05) is 12.1 Å². The molecule has 2 aromatic rings. The summed E-state index contributed by atoms with van der Waals surface area (Å²) in [6, 6.07) is 8.10. The number of pyridine rings is 1. The lowest BCUT2D eigenvalue weighted by Crippen LogP contribution is -2.17. The van der Waals surface area contributed by atoms with Crippen molar-refractivity contribution in [2.75, 3.05) is 5.32 Å². The first-order valence-electron chi connectivity index (χ1n) is 5.41. The Bertz CT molecular complexity index is 496. The first-order valence-corrected chi connectivity index (χ1v) is 6.36. The number of nitriles is 1. The Hall–Kier alpha value is -1.86. The first-order chi connectivity index (χ1) is 8.28. The SMILES string of the molecule is CC(Cc1ccsc1)Nc1ccc(C#N)nc1. The molecular formula is C13H13N3S. The van der Waals surface area contributed by atoms with Crippen molar-refractivity contribution in [3.8, 4) is 6.07 Å². The molecule has 0 aliphatic heterocycles. The summed E-state index contributed by atoms with van der Waals surface area (Å²) in [5.74, 6) is 0. The highest BCUT2D eigenvalue weighted by Gasteiger charge is 2.04. The van der Waals surface area contributed by atoms with Gasteiger partial charge in [-0.15, -0.1) is 0 Å². The standard InChI is InChI=1S/C13H13N3S/c1-10(6-11-4-5-17-9-11)16-13-3-2-12(7-14)15-8-13/h2-5,8-10,16H,6H2,1H3. The summed E-state index contributed by atoms with van der Waals surface area (Å²) >= 11 is 1.72. The van der Waals surface area contributed by atoms with Crippen LogP contribution in [0.4, 0.5) is 5.69 Å². The molecule has 0 aliphatic carbocycles. The maximum absolute atomic E-state index is 8.65. The van der Waals surface area contributed by atoms with E-state index >= 15 is 0 Å². The highest BCUT2D eigenvalue weighted by Crippen LogP contribution is 2.12. The molecule has 1 atom stereocenters. The molecule has 0 fully saturated rings. The predicted octanol–water partition coefficient (Wildman–Crippen LogP) is 3.06. The second-order valence-corrected chi connectivity index (χ2v) is 4.71. The van der Waals surface area contributed by atoms with Gasteiger partial charge in [0.1, 0.15) is 11.8 Å². The lowest BCUT2D eigenvalue weighted by Gasteiger charge is -2.14. The molecule has 86 valence electrons. The molecule has 4 heteroatoms. The molecule has 2 rings (SSSR count). The van der Waals surface area contributed by atoms with Crippen LogP contribution >= 0.6 is 11.3 Å². The zero-order valence-corrected chi connectivity index (χ0v) is 10.4. The van der Waals surface area contributed by atoms with Crippen LogP contribution in [0.2, 0.25) is 0 Å². The van der Waals surface area contributed by atoms with E-state index in [4.69, 9.17) is 5.26 Å². The third kappa shape index (κ3) is 3.30.